The van der Waals surface area contributed by atoms with E-state index in [0.717, 1.165) is 6.07 Å². The molecule has 0 aliphatic rings. The van der Waals surface area contributed by atoms with E-state index in [2.05, 4.69) is 11.5 Å². The number of rotatable bonds is 0. The molecule has 0 fully saturated rings. The van der Waals surface area contributed by atoms with Crippen LogP contribution in [0.2, 0.25) is 19.6 Å². The van der Waals surface area contributed by atoms with E-state index in [1.165, 1.54) is 6.07 Å². The van der Waals surface area contributed by atoms with Gasteiger partial charge in [0.2, 0.25) is 0 Å². The molecule has 0 heterocycles. The molecule has 4 heteroatoms. The van der Waals surface area contributed by atoms with Gasteiger partial charge in [0.25, 0.3) is 0 Å². The molecule has 0 amide bonds. The third-order valence-corrected chi connectivity index (χ3v) is 2.93. The van der Waals surface area contributed by atoms with Gasteiger partial charge in [-0.2, -0.15) is 13.2 Å². The summed E-state index contributed by atoms with van der Waals surface area (Å²) in [6.07, 6.45) is -4.34. The van der Waals surface area contributed by atoms with Crippen LogP contribution in [0.25, 0.3) is 0 Å². The fourth-order valence-electron chi connectivity index (χ4n) is 1.26. The van der Waals surface area contributed by atoms with E-state index in [0.29, 0.717) is 5.56 Å². The van der Waals surface area contributed by atoms with Crippen LogP contribution in [0.15, 0.2) is 18.2 Å². The third-order valence-electron chi connectivity index (χ3n) is 2.05. The number of hydrogen-bond acceptors (Lipinski definition) is 0. The van der Waals surface area contributed by atoms with E-state index in [1.807, 2.05) is 19.6 Å². The molecule has 0 unspecified atom stereocenters. The minimum absolute atomic E-state index is 0.0746. The fourth-order valence-corrected chi connectivity index (χ4v) is 1.77. The Kier molecular flexibility index (Phi) is 3.73. The van der Waals surface area contributed by atoms with Gasteiger partial charge in [0, 0.05) is 5.56 Å². The molecule has 92 valence electrons. The van der Waals surface area contributed by atoms with Crippen LogP contribution in [0, 0.1) is 18.4 Å². The van der Waals surface area contributed by atoms with Gasteiger partial charge >= 0.3 is 6.18 Å². The van der Waals surface area contributed by atoms with Gasteiger partial charge in [0.05, 0.1) is 5.56 Å². The smallest absolute Gasteiger partial charge is 0.166 e. The maximum absolute atomic E-state index is 12.8. The normalized spacial score (nSPS) is 11.9. The Morgan fingerprint density at radius 2 is 1.71 bits per heavy atom. The monoisotopic (exact) mass is 256 g/mol. The van der Waals surface area contributed by atoms with E-state index in [9.17, 15) is 13.2 Å². The number of hydrogen-bond donors (Lipinski definition) is 0. The van der Waals surface area contributed by atoms with Gasteiger partial charge in [-0.3, -0.25) is 0 Å². The lowest BCUT2D eigenvalue weighted by Crippen LogP contribution is -2.16. The second kappa shape index (κ2) is 4.57. The molecule has 0 spiro atoms. The van der Waals surface area contributed by atoms with Gasteiger partial charge in [-0.15, -0.1) is 5.54 Å². The Hall–Kier alpha value is -1.21. The van der Waals surface area contributed by atoms with E-state index >= 15 is 0 Å². The summed E-state index contributed by atoms with van der Waals surface area (Å²) in [6, 6.07) is 4.25. The SMILES string of the molecule is Cc1ccc(C#C[Si](C)(C)C)c(C(F)(F)F)c1. The highest BCUT2D eigenvalue weighted by Crippen LogP contribution is 2.32. The van der Waals surface area contributed by atoms with Gasteiger partial charge in [0.1, 0.15) is 8.07 Å². The first-order chi connectivity index (χ1) is 7.59. The number of aryl methyl sites for hydroxylation is 1. The Labute approximate surface area is 101 Å². The van der Waals surface area contributed by atoms with Crippen LogP contribution >= 0.6 is 0 Å². The maximum atomic E-state index is 12.8. The average molecular weight is 256 g/mol. The summed E-state index contributed by atoms with van der Waals surface area (Å²) in [5.74, 6) is 2.68. The van der Waals surface area contributed by atoms with Crippen molar-refractivity contribution >= 4 is 8.07 Å². The van der Waals surface area contributed by atoms with E-state index < -0.39 is 19.8 Å². The molecular formula is C13H15F3Si. The molecule has 17 heavy (non-hydrogen) atoms. The quantitative estimate of drug-likeness (QED) is 0.481. The second-order valence-electron chi connectivity index (χ2n) is 5.05. The molecule has 0 atom stereocenters. The predicted molar refractivity (Wildman–Crippen MR) is 66.4 cm³/mol. The highest BCUT2D eigenvalue weighted by molar-refractivity contribution is 6.83. The van der Waals surface area contributed by atoms with Crippen molar-refractivity contribution in [3.05, 3.63) is 34.9 Å². The zero-order valence-electron chi connectivity index (χ0n) is 10.4. The largest absolute Gasteiger partial charge is 0.417 e. The van der Waals surface area contributed by atoms with Crippen LogP contribution in [-0.4, -0.2) is 8.07 Å². The van der Waals surface area contributed by atoms with Gasteiger partial charge < -0.3 is 0 Å². The van der Waals surface area contributed by atoms with Gasteiger partial charge in [-0.1, -0.05) is 37.2 Å². The lowest BCUT2D eigenvalue weighted by molar-refractivity contribution is -0.137. The summed E-state index contributed by atoms with van der Waals surface area (Å²) in [6.45, 7) is 7.65. The summed E-state index contributed by atoms with van der Waals surface area (Å²) in [7, 11) is -1.66. The molecule has 1 aromatic carbocycles. The standard InChI is InChI=1S/C13H15F3Si/c1-10-5-6-11(7-8-17(2,3)4)12(9-10)13(14,15)16/h5-6,9H,1-4H3. The molecule has 0 nitrogen and oxygen atoms in total. The van der Waals surface area contributed by atoms with Crippen molar-refractivity contribution in [1.82, 2.24) is 0 Å². The van der Waals surface area contributed by atoms with Crippen LogP contribution in [-0.2, 0) is 6.18 Å². The predicted octanol–water partition coefficient (Wildman–Crippen LogP) is 4.24. The number of halogens is 3. The topological polar surface area (TPSA) is 0 Å². The molecule has 0 radical (unpaired) electrons. The van der Waals surface area contributed by atoms with E-state index in [1.54, 1.807) is 13.0 Å². The minimum atomic E-state index is -4.34. The third kappa shape index (κ3) is 4.27. The molecule has 0 saturated heterocycles. The van der Waals surface area contributed by atoms with Crippen LogP contribution in [0.4, 0.5) is 13.2 Å². The lowest BCUT2D eigenvalue weighted by Gasteiger charge is -2.10. The van der Waals surface area contributed by atoms with Crippen LogP contribution < -0.4 is 0 Å². The van der Waals surface area contributed by atoms with Crippen LogP contribution in [0.3, 0.4) is 0 Å². The first-order valence-electron chi connectivity index (χ1n) is 5.30. The second-order valence-corrected chi connectivity index (χ2v) is 9.80. The highest BCUT2D eigenvalue weighted by Gasteiger charge is 2.33. The molecular weight excluding hydrogens is 241 g/mol. The summed E-state index contributed by atoms with van der Waals surface area (Å²) in [4.78, 5) is 0. The molecule has 0 bridgehead atoms. The van der Waals surface area contributed by atoms with Crippen LogP contribution in [0.5, 0.6) is 0 Å². The van der Waals surface area contributed by atoms with Gasteiger partial charge in [-0.25, -0.2) is 0 Å². The first-order valence-corrected chi connectivity index (χ1v) is 8.80. The minimum Gasteiger partial charge on any atom is -0.166 e. The highest BCUT2D eigenvalue weighted by atomic mass is 28.3. The van der Waals surface area contributed by atoms with Crippen molar-refractivity contribution in [1.29, 1.82) is 0 Å². The molecule has 1 rings (SSSR count). The zero-order chi connectivity index (χ0) is 13.3. The van der Waals surface area contributed by atoms with Crippen molar-refractivity contribution in [3.8, 4) is 11.5 Å². The van der Waals surface area contributed by atoms with Gasteiger partial charge in [-0.05, 0) is 19.1 Å². The van der Waals surface area contributed by atoms with Crippen molar-refractivity contribution in [2.75, 3.05) is 0 Å². The van der Waals surface area contributed by atoms with Crippen molar-refractivity contribution in [2.45, 2.75) is 32.7 Å². The number of benzene rings is 1. The van der Waals surface area contributed by atoms with Crippen molar-refractivity contribution in [2.24, 2.45) is 0 Å². The van der Waals surface area contributed by atoms with Gasteiger partial charge in [0.15, 0.2) is 0 Å². The van der Waals surface area contributed by atoms with Crippen LogP contribution in [0.1, 0.15) is 16.7 Å². The molecule has 0 aromatic heterocycles. The molecule has 0 aliphatic carbocycles. The Balaban J connectivity index is 3.29. The fraction of sp³-hybridized carbons (Fsp3) is 0.385. The van der Waals surface area contributed by atoms with Crippen molar-refractivity contribution in [3.63, 3.8) is 0 Å². The zero-order valence-corrected chi connectivity index (χ0v) is 11.4. The maximum Gasteiger partial charge on any atom is 0.417 e. The molecule has 0 saturated carbocycles. The Morgan fingerprint density at radius 3 is 2.18 bits per heavy atom. The lowest BCUT2D eigenvalue weighted by atomic mass is 10.0. The average Bonchev–Trinajstić information content (AvgIpc) is 2.13. The Bertz CT molecular complexity index is 470. The van der Waals surface area contributed by atoms with Crippen molar-refractivity contribution < 1.29 is 13.2 Å². The Morgan fingerprint density at radius 1 is 1.12 bits per heavy atom. The summed E-state index contributed by atoms with van der Waals surface area (Å²) < 4.78 is 38.4. The van der Waals surface area contributed by atoms with E-state index in [-0.39, 0.29) is 5.56 Å². The summed E-state index contributed by atoms with van der Waals surface area (Å²) >= 11 is 0. The molecule has 1 aromatic rings. The number of alkyl halides is 3. The first kappa shape index (κ1) is 13.9. The summed E-state index contributed by atoms with van der Waals surface area (Å²) in [5.41, 5.74) is 2.99. The molecule has 0 N–H and O–H groups in total. The summed E-state index contributed by atoms with van der Waals surface area (Å²) in [5, 5.41) is 0. The van der Waals surface area contributed by atoms with E-state index in [4.69, 9.17) is 0 Å². The molecule has 0 aliphatic heterocycles.